The lowest BCUT2D eigenvalue weighted by Gasteiger charge is -2.33. The van der Waals surface area contributed by atoms with Crippen LogP contribution in [0.5, 0.6) is 0 Å². The second-order valence-corrected chi connectivity index (χ2v) is 8.03. The lowest BCUT2D eigenvalue weighted by Crippen LogP contribution is -2.32. The molecule has 5 nitrogen and oxygen atoms in total. The minimum Gasteiger partial charge on any atom is -0.370 e. The number of hydrogen-bond donors (Lipinski definition) is 1. The first-order valence-corrected chi connectivity index (χ1v) is 9.26. The summed E-state index contributed by atoms with van der Waals surface area (Å²) in [5.41, 5.74) is 4.08. The summed E-state index contributed by atoms with van der Waals surface area (Å²) in [4.78, 5) is 25.1. The highest BCUT2D eigenvalue weighted by Gasteiger charge is 2.31. The van der Waals surface area contributed by atoms with E-state index in [9.17, 15) is 4.79 Å². The second kappa shape index (κ2) is 5.63. The predicted molar refractivity (Wildman–Crippen MR) is 96.7 cm³/mol. The Hall–Kier alpha value is -1.79. The maximum atomic E-state index is 12.2. The highest BCUT2D eigenvalue weighted by atomic mass is 32.1. The van der Waals surface area contributed by atoms with Gasteiger partial charge in [0.2, 0.25) is 0 Å². The Kier molecular flexibility index (Phi) is 3.69. The number of aromatic amines is 1. The van der Waals surface area contributed by atoms with E-state index in [-0.39, 0.29) is 11.2 Å². The van der Waals surface area contributed by atoms with E-state index >= 15 is 0 Å². The summed E-state index contributed by atoms with van der Waals surface area (Å²) in [5.74, 6) is 0. The number of nitrogens with one attached hydrogen (secondary N) is 1. The molecule has 1 aliphatic rings. The molecular weight excluding hydrogens is 322 g/mol. The summed E-state index contributed by atoms with van der Waals surface area (Å²) >= 11 is 1.45. The van der Waals surface area contributed by atoms with Gasteiger partial charge in [-0.25, -0.2) is 9.97 Å². The average Bonchev–Trinajstić information content (AvgIpc) is 2.91. The van der Waals surface area contributed by atoms with Crippen LogP contribution in [0.15, 0.2) is 11.1 Å². The molecule has 0 spiro atoms. The second-order valence-electron chi connectivity index (χ2n) is 7.04. The molecule has 0 unspecified atom stereocenters. The van der Waals surface area contributed by atoms with Crippen LogP contribution in [0.2, 0.25) is 0 Å². The standard InChI is InChI=1S/C18H21N3O2S/c1-4-5-6-12-11-8-23-18(2,3)7-10(11)13-14-15(24-17(13)21-12)16(22)20-9-19-14/h9H,4-8H2,1-3H3,(H,19,20,22). The van der Waals surface area contributed by atoms with Crippen molar-refractivity contribution in [3.8, 4) is 0 Å². The summed E-state index contributed by atoms with van der Waals surface area (Å²) in [6.07, 6.45) is 5.50. The topological polar surface area (TPSA) is 67.9 Å². The minimum absolute atomic E-state index is 0.0850. The Morgan fingerprint density at radius 2 is 2.21 bits per heavy atom. The zero-order chi connectivity index (χ0) is 16.9. The zero-order valence-electron chi connectivity index (χ0n) is 14.2. The quantitative estimate of drug-likeness (QED) is 0.787. The number of fused-ring (bicyclic) bond motifs is 5. The van der Waals surface area contributed by atoms with Gasteiger partial charge in [0.15, 0.2) is 0 Å². The van der Waals surface area contributed by atoms with E-state index in [1.165, 1.54) is 28.8 Å². The molecule has 126 valence electrons. The van der Waals surface area contributed by atoms with Crippen molar-refractivity contribution in [2.24, 2.45) is 0 Å². The van der Waals surface area contributed by atoms with Crippen LogP contribution in [0.25, 0.3) is 20.4 Å². The van der Waals surface area contributed by atoms with Crippen molar-refractivity contribution in [2.75, 3.05) is 0 Å². The van der Waals surface area contributed by atoms with E-state index in [1.807, 2.05) is 0 Å². The number of thiophene rings is 1. The monoisotopic (exact) mass is 343 g/mol. The maximum Gasteiger partial charge on any atom is 0.268 e. The Morgan fingerprint density at radius 3 is 3.00 bits per heavy atom. The molecule has 0 fully saturated rings. The van der Waals surface area contributed by atoms with Gasteiger partial charge in [-0.15, -0.1) is 11.3 Å². The number of H-pyrrole nitrogens is 1. The first-order valence-electron chi connectivity index (χ1n) is 8.44. The van der Waals surface area contributed by atoms with Gasteiger partial charge in [0, 0.05) is 23.1 Å². The van der Waals surface area contributed by atoms with Crippen molar-refractivity contribution in [3.63, 3.8) is 0 Å². The van der Waals surface area contributed by atoms with Crippen LogP contribution >= 0.6 is 11.3 Å². The number of unbranched alkanes of at least 4 members (excludes halogenated alkanes) is 1. The Labute approximate surface area is 144 Å². The molecule has 1 N–H and O–H groups in total. The van der Waals surface area contributed by atoms with Gasteiger partial charge in [0.05, 0.1) is 24.1 Å². The van der Waals surface area contributed by atoms with Crippen LogP contribution in [0.3, 0.4) is 0 Å². The average molecular weight is 343 g/mol. The van der Waals surface area contributed by atoms with Crippen molar-refractivity contribution in [1.29, 1.82) is 0 Å². The smallest absolute Gasteiger partial charge is 0.268 e. The van der Waals surface area contributed by atoms with E-state index in [0.29, 0.717) is 11.3 Å². The lowest BCUT2D eigenvalue weighted by atomic mass is 9.88. The number of ether oxygens (including phenoxy) is 1. The molecule has 0 aromatic carbocycles. The van der Waals surface area contributed by atoms with Gasteiger partial charge in [-0.1, -0.05) is 13.3 Å². The number of hydrogen-bond acceptors (Lipinski definition) is 5. The highest BCUT2D eigenvalue weighted by Crippen LogP contribution is 2.39. The van der Waals surface area contributed by atoms with E-state index in [4.69, 9.17) is 9.72 Å². The number of pyridine rings is 1. The first kappa shape index (κ1) is 15.7. The van der Waals surface area contributed by atoms with Crippen LogP contribution in [0.1, 0.15) is 50.4 Å². The molecule has 3 aromatic heterocycles. The third kappa shape index (κ3) is 2.45. The summed E-state index contributed by atoms with van der Waals surface area (Å²) in [6, 6.07) is 0. The lowest BCUT2D eigenvalue weighted by molar-refractivity contribution is -0.0401. The number of aryl methyl sites for hydroxylation is 1. The molecule has 4 rings (SSSR count). The van der Waals surface area contributed by atoms with Crippen LogP contribution in [0.4, 0.5) is 0 Å². The summed E-state index contributed by atoms with van der Waals surface area (Å²) in [7, 11) is 0. The van der Waals surface area contributed by atoms with Crippen LogP contribution in [0, 0.1) is 0 Å². The molecular formula is C18H21N3O2S. The molecule has 6 heteroatoms. The molecule has 3 aromatic rings. The highest BCUT2D eigenvalue weighted by molar-refractivity contribution is 7.25. The number of rotatable bonds is 3. The largest absolute Gasteiger partial charge is 0.370 e. The van der Waals surface area contributed by atoms with E-state index in [1.54, 1.807) is 0 Å². The summed E-state index contributed by atoms with van der Waals surface area (Å²) < 4.78 is 6.71. The zero-order valence-corrected chi connectivity index (χ0v) is 15.0. The molecule has 1 aliphatic heterocycles. The molecule has 0 saturated heterocycles. The third-order valence-corrected chi connectivity index (χ3v) is 5.76. The molecule has 0 amide bonds. The van der Waals surface area contributed by atoms with Gasteiger partial charge in [0.25, 0.3) is 5.56 Å². The van der Waals surface area contributed by atoms with Crippen molar-refractivity contribution in [1.82, 2.24) is 15.0 Å². The van der Waals surface area contributed by atoms with Gasteiger partial charge < -0.3 is 9.72 Å². The summed E-state index contributed by atoms with van der Waals surface area (Å²) in [6.45, 7) is 7.00. The summed E-state index contributed by atoms with van der Waals surface area (Å²) in [5, 5.41) is 1.05. The molecule has 24 heavy (non-hydrogen) atoms. The molecule has 0 atom stereocenters. The number of aromatic nitrogens is 3. The van der Waals surface area contributed by atoms with Gasteiger partial charge in [0.1, 0.15) is 9.53 Å². The van der Waals surface area contributed by atoms with Gasteiger partial charge >= 0.3 is 0 Å². The normalized spacial score (nSPS) is 16.6. The van der Waals surface area contributed by atoms with Crippen molar-refractivity contribution >= 4 is 31.8 Å². The fourth-order valence-electron chi connectivity index (χ4n) is 3.44. The van der Waals surface area contributed by atoms with Crippen molar-refractivity contribution < 1.29 is 4.74 Å². The predicted octanol–water partition coefficient (Wildman–Crippen LogP) is 3.73. The van der Waals surface area contributed by atoms with Crippen molar-refractivity contribution in [2.45, 2.75) is 58.7 Å². The fraction of sp³-hybridized carbons (Fsp3) is 0.500. The Morgan fingerprint density at radius 1 is 1.38 bits per heavy atom. The minimum atomic E-state index is -0.210. The van der Waals surface area contributed by atoms with Crippen molar-refractivity contribution in [3.05, 3.63) is 33.5 Å². The maximum absolute atomic E-state index is 12.2. The van der Waals surface area contributed by atoms with Gasteiger partial charge in [-0.3, -0.25) is 4.79 Å². The fourth-order valence-corrected chi connectivity index (χ4v) is 4.51. The number of nitrogens with zero attached hydrogens (tertiary/aromatic N) is 2. The van der Waals surface area contributed by atoms with E-state index < -0.39 is 0 Å². The molecule has 0 saturated carbocycles. The molecule has 0 radical (unpaired) electrons. The van der Waals surface area contributed by atoms with Gasteiger partial charge in [-0.05, 0) is 32.3 Å². The SMILES string of the molecule is CCCCc1nc2sc3c(=O)[nH]cnc3c2c2c1COC(C)(C)C2. The Bertz CT molecular complexity index is 987. The third-order valence-electron chi connectivity index (χ3n) is 4.69. The van der Waals surface area contributed by atoms with Gasteiger partial charge in [-0.2, -0.15) is 0 Å². The van der Waals surface area contributed by atoms with E-state index in [0.717, 1.165) is 47.1 Å². The van der Waals surface area contributed by atoms with Crippen LogP contribution < -0.4 is 5.56 Å². The molecule has 4 heterocycles. The molecule has 0 bridgehead atoms. The molecule has 0 aliphatic carbocycles. The van der Waals surface area contributed by atoms with Crippen LogP contribution in [-0.2, 0) is 24.2 Å². The van der Waals surface area contributed by atoms with E-state index in [2.05, 4.69) is 30.7 Å². The first-order chi connectivity index (χ1) is 11.5. The Balaban J connectivity index is 2.06. The van der Waals surface area contributed by atoms with Crippen LogP contribution in [-0.4, -0.2) is 20.6 Å².